The molecule has 0 saturated heterocycles. The van der Waals surface area contributed by atoms with Crippen molar-refractivity contribution in [2.45, 2.75) is 32.2 Å². The Labute approximate surface area is 123 Å². The molecule has 112 valence electrons. The van der Waals surface area contributed by atoms with Crippen molar-refractivity contribution in [1.82, 2.24) is 15.3 Å². The van der Waals surface area contributed by atoms with Crippen LogP contribution >= 0.6 is 0 Å². The highest BCUT2D eigenvalue weighted by Crippen LogP contribution is 2.22. The zero-order valence-corrected chi connectivity index (χ0v) is 12.1. The lowest BCUT2D eigenvalue weighted by Gasteiger charge is -2.18. The van der Waals surface area contributed by atoms with Crippen LogP contribution in [0.3, 0.4) is 0 Å². The third-order valence-corrected chi connectivity index (χ3v) is 3.40. The first kappa shape index (κ1) is 15.2. The molecule has 0 aliphatic rings. The molecule has 1 unspecified atom stereocenters. The van der Waals surface area contributed by atoms with Gasteiger partial charge in [0.15, 0.2) is 0 Å². The highest BCUT2D eigenvalue weighted by atomic mass is 16.6. The molecule has 21 heavy (non-hydrogen) atoms. The Bertz CT molecular complexity index is 569. The summed E-state index contributed by atoms with van der Waals surface area (Å²) in [5.74, 6) is 0. The Kier molecular flexibility index (Phi) is 5.45. The van der Waals surface area contributed by atoms with Crippen molar-refractivity contribution >= 4 is 5.69 Å². The second kappa shape index (κ2) is 7.54. The number of aromatic amines is 1. The Balaban J connectivity index is 2.00. The molecule has 0 aliphatic heterocycles. The molecular formula is C15H20N4O2. The third kappa shape index (κ3) is 4.39. The molecule has 2 rings (SSSR count). The topological polar surface area (TPSA) is 83.8 Å². The normalized spacial score (nSPS) is 12.2. The predicted molar refractivity (Wildman–Crippen MR) is 81.0 cm³/mol. The van der Waals surface area contributed by atoms with Gasteiger partial charge in [-0.15, -0.1) is 0 Å². The predicted octanol–water partition coefficient (Wildman–Crippen LogP) is 2.99. The van der Waals surface area contributed by atoms with E-state index in [9.17, 15) is 10.1 Å². The fourth-order valence-electron chi connectivity index (χ4n) is 2.33. The largest absolute Gasteiger partial charge is 0.348 e. The lowest BCUT2D eigenvalue weighted by molar-refractivity contribution is -0.384. The zero-order valence-electron chi connectivity index (χ0n) is 12.1. The van der Waals surface area contributed by atoms with Crippen LogP contribution in [0.25, 0.3) is 0 Å². The van der Waals surface area contributed by atoms with E-state index in [1.54, 1.807) is 18.5 Å². The summed E-state index contributed by atoms with van der Waals surface area (Å²) >= 11 is 0. The minimum Gasteiger partial charge on any atom is -0.348 e. The molecule has 1 heterocycles. The number of H-pyrrole nitrogens is 1. The number of hydrogen-bond donors (Lipinski definition) is 2. The highest BCUT2D eigenvalue weighted by molar-refractivity contribution is 5.35. The van der Waals surface area contributed by atoms with Crippen LogP contribution < -0.4 is 5.32 Å². The van der Waals surface area contributed by atoms with Crippen molar-refractivity contribution in [3.8, 4) is 0 Å². The molecule has 0 amide bonds. The first-order valence-electron chi connectivity index (χ1n) is 7.15. The van der Waals surface area contributed by atoms with Gasteiger partial charge >= 0.3 is 0 Å². The van der Waals surface area contributed by atoms with Crippen LogP contribution in [0.1, 0.15) is 37.1 Å². The molecular weight excluding hydrogens is 268 g/mol. The summed E-state index contributed by atoms with van der Waals surface area (Å²) in [6.07, 6.45) is 6.30. The van der Waals surface area contributed by atoms with Crippen molar-refractivity contribution in [2.24, 2.45) is 0 Å². The maximum absolute atomic E-state index is 10.9. The Morgan fingerprint density at radius 1 is 1.48 bits per heavy atom. The van der Waals surface area contributed by atoms with Crippen LogP contribution in [0.15, 0.2) is 36.8 Å². The van der Waals surface area contributed by atoms with Gasteiger partial charge < -0.3 is 10.3 Å². The van der Waals surface area contributed by atoms with Crippen molar-refractivity contribution in [1.29, 1.82) is 0 Å². The van der Waals surface area contributed by atoms with Crippen molar-refractivity contribution < 1.29 is 4.92 Å². The van der Waals surface area contributed by atoms with Gasteiger partial charge in [0.05, 0.1) is 11.3 Å². The molecule has 2 aromatic rings. The summed E-state index contributed by atoms with van der Waals surface area (Å²) in [4.78, 5) is 17.6. The van der Waals surface area contributed by atoms with Crippen LogP contribution in [0.5, 0.6) is 0 Å². The van der Waals surface area contributed by atoms with Crippen LogP contribution in [-0.4, -0.2) is 21.4 Å². The molecule has 0 aliphatic carbocycles. The second-order valence-electron chi connectivity index (χ2n) is 4.97. The Hall–Kier alpha value is -2.21. The number of nitrogens with zero attached hydrogens (tertiary/aromatic N) is 2. The van der Waals surface area contributed by atoms with Crippen LogP contribution in [0, 0.1) is 10.1 Å². The number of hydrogen-bond acceptors (Lipinski definition) is 4. The molecule has 0 fully saturated rings. The van der Waals surface area contributed by atoms with Crippen LogP contribution in [0.4, 0.5) is 5.69 Å². The van der Waals surface area contributed by atoms with Gasteiger partial charge in [0.25, 0.3) is 5.69 Å². The maximum atomic E-state index is 10.9. The quantitative estimate of drug-likeness (QED) is 0.577. The molecule has 2 N–H and O–H groups in total. The number of nitrogens with one attached hydrogen (secondary N) is 2. The molecule has 6 heteroatoms. The van der Waals surface area contributed by atoms with Gasteiger partial charge in [-0.2, -0.15) is 0 Å². The number of nitro groups is 1. The van der Waals surface area contributed by atoms with E-state index in [2.05, 4.69) is 22.2 Å². The second-order valence-corrected chi connectivity index (χ2v) is 4.97. The number of imidazole rings is 1. The molecule has 0 spiro atoms. The van der Waals surface area contributed by atoms with Gasteiger partial charge in [-0.05, 0) is 12.0 Å². The summed E-state index contributed by atoms with van der Waals surface area (Å²) < 4.78 is 0. The lowest BCUT2D eigenvalue weighted by atomic mass is 10.0. The summed E-state index contributed by atoms with van der Waals surface area (Å²) in [5, 5.41) is 14.3. The summed E-state index contributed by atoms with van der Waals surface area (Å²) in [6.45, 7) is 2.91. The first-order valence-corrected chi connectivity index (χ1v) is 7.15. The first-order chi connectivity index (χ1) is 10.2. The van der Waals surface area contributed by atoms with Crippen molar-refractivity contribution in [3.63, 3.8) is 0 Å². The zero-order chi connectivity index (χ0) is 15.1. The van der Waals surface area contributed by atoms with Crippen molar-refractivity contribution in [2.75, 3.05) is 6.54 Å². The van der Waals surface area contributed by atoms with E-state index in [4.69, 9.17) is 0 Å². The third-order valence-electron chi connectivity index (χ3n) is 3.40. The fourth-order valence-corrected chi connectivity index (χ4v) is 2.33. The van der Waals surface area contributed by atoms with Gasteiger partial charge in [-0.1, -0.05) is 25.5 Å². The van der Waals surface area contributed by atoms with E-state index in [1.165, 1.54) is 6.07 Å². The van der Waals surface area contributed by atoms with Gasteiger partial charge in [0.1, 0.15) is 0 Å². The standard InChI is InChI=1S/C15H20N4O2/c1-2-4-15(17-8-7-13-10-16-11-18-13)12-5-3-6-14(9-12)19(20)21/h3,5-6,9-11,15,17H,2,4,7-8H2,1H3,(H,16,18). The molecule has 1 atom stereocenters. The number of benzene rings is 1. The lowest BCUT2D eigenvalue weighted by Crippen LogP contribution is -2.23. The molecule has 0 radical (unpaired) electrons. The molecule has 1 aromatic carbocycles. The fraction of sp³-hybridized carbons (Fsp3) is 0.400. The van der Waals surface area contributed by atoms with E-state index in [-0.39, 0.29) is 16.7 Å². The smallest absolute Gasteiger partial charge is 0.269 e. The summed E-state index contributed by atoms with van der Waals surface area (Å²) in [5.41, 5.74) is 2.19. The van der Waals surface area contributed by atoms with Gasteiger partial charge in [0.2, 0.25) is 0 Å². The summed E-state index contributed by atoms with van der Waals surface area (Å²) in [7, 11) is 0. The van der Waals surface area contributed by atoms with Crippen LogP contribution in [0.2, 0.25) is 0 Å². The number of nitro benzene ring substituents is 1. The monoisotopic (exact) mass is 288 g/mol. The van der Waals surface area contributed by atoms with E-state index < -0.39 is 0 Å². The van der Waals surface area contributed by atoms with Gasteiger partial charge in [-0.25, -0.2) is 4.98 Å². The number of rotatable bonds is 8. The van der Waals surface area contributed by atoms with Gasteiger partial charge in [0, 0.05) is 43.0 Å². The average Bonchev–Trinajstić information content (AvgIpc) is 3.00. The van der Waals surface area contributed by atoms with Crippen LogP contribution in [-0.2, 0) is 6.42 Å². The maximum Gasteiger partial charge on any atom is 0.269 e. The number of non-ortho nitro benzene ring substituents is 1. The Morgan fingerprint density at radius 3 is 3.00 bits per heavy atom. The average molecular weight is 288 g/mol. The molecule has 6 nitrogen and oxygen atoms in total. The van der Waals surface area contributed by atoms with E-state index in [0.29, 0.717) is 0 Å². The highest BCUT2D eigenvalue weighted by Gasteiger charge is 2.13. The molecule has 0 bridgehead atoms. The molecule has 1 aromatic heterocycles. The van der Waals surface area contributed by atoms with Crippen molar-refractivity contribution in [3.05, 3.63) is 58.2 Å². The summed E-state index contributed by atoms with van der Waals surface area (Å²) in [6, 6.07) is 7.00. The van der Waals surface area contributed by atoms with E-state index >= 15 is 0 Å². The Morgan fingerprint density at radius 2 is 2.33 bits per heavy atom. The minimum atomic E-state index is -0.350. The van der Waals surface area contributed by atoms with Gasteiger partial charge in [-0.3, -0.25) is 10.1 Å². The molecule has 0 saturated carbocycles. The SMILES string of the molecule is CCCC(NCCc1cnc[nH]1)c1cccc([N+](=O)[O-])c1. The van der Waals surface area contributed by atoms with E-state index in [1.807, 2.05) is 12.3 Å². The minimum absolute atomic E-state index is 0.137. The number of aromatic nitrogens is 2. The van der Waals surface area contributed by atoms with E-state index in [0.717, 1.165) is 37.1 Å².